The van der Waals surface area contributed by atoms with Crippen LogP contribution in [-0.4, -0.2) is 39.8 Å². The summed E-state index contributed by atoms with van der Waals surface area (Å²) in [6.07, 6.45) is 0. The average Bonchev–Trinajstić information content (AvgIpc) is 2.42. The van der Waals surface area contributed by atoms with Gasteiger partial charge in [0.25, 0.3) is 0 Å². The van der Waals surface area contributed by atoms with Gasteiger partial charge in [-0.25, -0.2) is 0 Å². The van der Waals surface area contributed by atoms with Gasteiger partial charge in [0.2, 0.25) is 5.91 Å². The average molecular weight is 247 g/mol. The van der Waals surface area contributed by atoms with Crippen LogP contribution in [0.5, 0.6) is 0 Å². The first kappa shape index (κ1) is 14.2. The van der Waals surface area contributed by atoms with Crippen molar-refractivity contribution in [2.24, 2.45) is 0 Å². The molecule has 0 atom stereocenters. The number of carbonyl (C=O) groups excluding carboxylic acids is 1. The summed E-state index contributed by atoms with van der Waals surface area (Å²) in [7, 11) is 3.33. The van der Waals surface area contributed by atoms with Crippen molar-refractivity contribution < 1.29 is 9.53 Å². The Labute approximate surface area is 107 Å². The molecule has 0 unspecified atom stereocenters. The number of hydrogen-bond acceptors (Lipinski definition) is 4. The van der Waals surface area contributed by atoms with Gasteiger partial charge < -0.3 is 15.0 Å². The van der Waals surface area contributed by atoms with Crippen molar-refractivity contribution in [2.45, 2.75) is 0 Å². The largest absolute Gasteiger partial charge is 0.383 e. The second-order valence-corrected chi connectivity index (χ2v) is 3.78. The fourth-order valence-corrected chi connectivity index (χ4v) is 1.39. The van der Waals surface area contributed by atoms with E-state index in [9.17, 15) is 4.79 Å². The monoisotopic (exact) mass is 247 g/mol. The molecule has 0 spiro atoms. The van der Waals surface area contributed by atoms with Gasteiger partial charge in [-0.2, -0.15) is 5.26 Å². The summed E-state index contributed by atoms with van der Waals surface area (Å²) in [5.74, 6) is -0.0317. The third-order valence-corrected chi connectivity index (χ3v) is 2.52. The van der Waals surface area contributed by atoms with Crippen LogP contribution in [0.25, 0.3) is 0 Å². The van der Waals surface area contributed by atoms with E-state index in [2.05, 4.69) is 5.32 Å². The summed E-state index contributed by atoms with van der Waals surface area (Å²) < 4.78 is 4.88. The van der Waals surface area contributed by atoms with E-state index >= 15 is 0 Å². The number of carbonyl (C=O) groups is 1. The number of nitrogens with one attached hydrogen (secondary N) is 1. The second-order valence-electron chi connectivity index (χ2n) is 3.78. The van der Waals surface area contributed by atoms with Gasteiger partial charge in [0.05, 0.1) is 24.8 Å². The second kappa shape index (κ2) is 7.43. The SMILES string of the molecule is COCCNCC(=O)N(C)c1ccc(C#N)cc1. The molecule has 1 rings (SSSR count). The van der Waals surface area contributed by atoms with Gasteiger partial charge in [-0.3, -0.25) is 4.79 Å². The summed E-state index contributed by atoms with van der Waals surface area (Å²) >= 11 is 0. The van der Waals surface area contributed by atoms with Crippen molar-refractivity contribution in [3.63, 3.8) is 0 Å². The third kappa shape index (κ3) is 4.17. The van der Waals surface area contributed by atoms with Crippen LogP contribution in [0.3, 0.4) is 0 Å². The number of methoxy groups -OCH3 is 1. The van der Waals surface area contributed by atoms with Crippen LogP contribution in [0.1, 0.15) is 5.56 Å². The molecule has 1 amide bonds. The zero-order chi connectivity index (χ0) is 13.4. The van der Waals surface area contributed by atoms with Crippen molar-refractivity contribution in [2.75, 3.05) is 38.8 Å². The van der Waals surface area contributed by atoms with Crippen LogP contribution in [-0.2, 0) is 9.53 Å². The molecule has 5 nitrogen and oxygen atoms in total. The number of rotatable bonds is 6. The molecule has 5 heteroatoms. The maximum Gasteiger partial charge on any atom is 0.240 e. The molecule has 0 fully saturated rings. The Balaban J connectivity index is 2.49. The molecule has 0 bridgehead atoms. The van der Waals surface area contributed by atoms with E-state index < -0.39 is 0 Å². The minimum atomic E-state index is -0.0317. The molecule has 0 aliphatic carbocycles. The predicted molar refractivity (Wildman–Crippen MR) is 69.3 cm³/mol. The van der Waals surface area contributed by atoms with E-state index in [1.807, 2.05) is 6.07 Å². The first-order valence-corrected chi connectivity index (χ1v) is 5.65. The van der Waals surface area contributed by atoms with Crippen LogP contribution in [0.2, 0.25) is 0 Å². The lowest BCUT2D eigenvalue weighted by Gasteiger charge is -2.17. The highest BCUT2D eigenvalue weighted by Crippen LogP contribution is 2.13. The molecule has 0 heterocycles. The van der Waals surface area contributed by atoms with Gasteiger partial charge in [0.15, 0.2) is 0 Å². The minimum Gasteiger partial charge on any atom is -0.383 e. The number of anilines is 1. The molecule has 18 heavy (non-hydrogen) atoms. The van der Waals surface area contributed by atoms with E-state index in [1.54, 1.807) is 43.3 Å². The van der Waals surface area contributed by atoms with Gasteiger partial charge in [0, 0.05) is 26.4 Å². The third-order valence-electron chi connectivity index (χ3n) is 2.52. The van der Waals surface area contributed by atoms with Gasteiger partial charge >= 0.3 is 0 Å². The number of ether oxygens (including phenoxy) is 1. The summed E-state index contributed by atoms with van der Waals surface area (Å²) in [5.41, 5.74) is 1.35. The summed E-state index contributed by atoms with van der Waals surface area (Å²) in [4.78, 5) is 13.4. The van der Waals surface area contributed by atoms with Crippen molar-refractivity contribution in [3.05, 3.63) is 29.8 Å². The number of nitrogens with zero attached hydrogens (tertiary/aromatic N) is 2. The Hall–Kier alpha value is -1.90. The molecular weight excluding hydrogens is 230 g/mol. The van der Waals surface area contributed by atoms with Gasteiger partial charge in [-0.05, 0) is 24.3 Å². The molecule has 0 aliphatic heterocycles. The molecule has 0 radical (unpaired) electrons. The number of hydrogen-bond donors (Lipinski definition) is 1. The minimum absolute atomic E-state index is 0.0317. The molecule has 1 N–H and O–H groups in total. The Bertz CT molecular complexity index is 423. The van der Waals surface area contributed by atoms with E-state index in [0.29, 0.717) is 18.7 Å². The Morgan fingerprint density at radius 1 is 1.44 bits per heavy atom. The number of nitriles is 1. The van der Waals surface area contributed by atoms with Crippen LogP contribution in [0, 0.1) is 11.3 Å². The summed E-state index contributed by atoms with van der Waals surface area (Å²) in [5, 5.41) is 11.7. The lowest BCUT2D eigenvalue weighted by Crippen LogP contribution is -2.36. The molecule has 1 aromatic carbocycles. The van der Waals surface area contributed by atoms with E-state index in [4.69, 9.17) is 10.00 Å². The smallest absolute Gasteiger partial charge is 0.240 e. The highest BCUT2D eigenvalue weighted by molar-refractivity contribution is 5.94. The molecule has 0 aromatic heterocycles. The maximum absolute atomic E-state index is 11.8. The lowest BCUT2D eigenvalue weighted by atomic mass is 10.2. The van der Waals surface area contributed by atoms with Crippen molar-refractivity contribution in [3.8, 4) is 6.07 Å². The van der Waals surface area contributed by atoms with Crippen LogP contribution in [0.15, 0.2) is 24.3 Å². The number of likely N-dealkylation sites (N-methyl/N-ethyl adjacent to an activating group) is 1. The summed E-state index contributed by atoms with van der Waals surface area (Å²) in [6.45, 7) is 1.48. The van der Waals surface area contributed by atoms with Crippen LogP contribution < -0.4 is 10.2 Å². The summed E-state index contributed by atoms with van der Waals surface area (Å²) in [6, 6.07) is 8.94. The highest BCUT2D eigenvalue weighted by Gasteiger charge is 2.09. The molecule has 0 saturated heterocycles. The first-order chi connectivity index (χ1) is 8.69. The van der Waals surface area contributed by atoms with E-state index in [1.165, 1.54) is 0 Å². The molecule has 96 valence electrons. The zero-order valence-corrected chi connectivity index (χ0v) is 10.6. The standard InChI is InChI=1S/C13H17N3O2/c1-16(13(17)10-15-7-8-18-2)12-5-3-11(9-14)4-6-12/h3-6,15H,7-8,10H2,1-2H3. The molecule has 1 aromatic rings. The molecule has 0 saturated carbocycles. The Morgan fingerprint density at radius 2 is 2.11 bits per heavy atom. The predicted octanol–water partition coefficient (Wildman–Crippen LogP) is 0.757. The fourth-order valence-electron chi connectivity index (χ4n) is 1.39. The van der Waals surface area contributed by atoms with Gasteiger partial charge in [-0.1, -0.05) is 0 Å². The Kier molecular flexibility index (Phi) is 5.85. The number of amides is 1. The number of benzene rings is 1. The quantitative estimate of drug-likeness (QED) is 0.754. The van der Waals surface area contributed by atoms with Crippen molar-refractivity contribution >= 4 is 11.6 Å². The molecule has 0 aliphatic rings. The zero-order valence-electron chi connectivity index (χ0n) is 10.6. The molecular formula is C13H17N3O2. The topological polar surface area (TPSA) is 65.4 Å². The normalized spacial score (nSPS) is 9.83. The van der Waals surface area contributed by atoms with Gasteiger partial charge in [0.1, 0.15) is 0 Å². The van der Waals surface area contributed by atoms with Crippen LogP contribution >= 0.6 is 0 Å². The van der Waals surface area contributed by atoms with E-state index in [-0.39, 0.29) is 12.5 Å². The fraction of sp³-hybridized carbons (Fsp3) is 0.385. The van der Waals surface area contributed by atoms with E-state index in [0.717, 1.165) is 5.69 Å². The Morgan fingerprint density at radius 3 is 2.67 bits per heavy atom. The van der Waals surface area contributed by atoms with Crippen LogP contribution in [0.4, 0.5) is 5.69 Å². The maximum atomic E-state index is 11.8. The lowest BCUT2D eigenvalue weighted by molar-refractivity contribution is -0.117. The van der Waals surface area contributed by atoms with Crippen molar-refractivity contribution in [1.82, 2.24) is 5.32 Å². The first-order valence-electron chi connectivity index (χ1n) is 5.65. The van der Waals surface area contributed by atoms with Crippen molar-refractivity contribution in [1.29, 1.82) is 5.26 Å². The highest BCUT2D eigenvalue weighted by atomic mass is 16.5. The van der Waals surface area contributed by atoms with Gasteiger partial charge in [-0.15, -0.1) is 0 Å².